The average Bonchev–Trinajstić information content (AvgIpc) is 3.09. The van der Waals surface area contributed by atoms with Crippen LogP contribution in [0.2, 0.25) is 0 Å². The van der Waals surface area contributed by atoms with Crippen molar-refractivity contribution in [2.24, 2.45) is 4.36 Å². The lowest BCUT2D eigenvalue weighted by Crippen LogP contribution is -2.21. The van der Waals surface area contributed by atoms with Crippen molar-refractivity contribution in [2.75, 3.05) is 28.8 Å². The molecule has 3 rings (SSSR count). The van der Waals surface area contributed by atoms with Gasteiger partial charge in [-0.2, -0.15) is 9.62 Å². The Kier molecular flexibility index (Phi) is 5.29. The van der Waals surface area contributed by atoms with E-state index in [1.54, 1.807) is 18.2 Å². The molecule has 0 fully saturated rings. The maximum atomic E-state index is 8.95. The molecule has 1 heterocycles. The summed E-state index contributed by atoms with van der Waals surface area (Å²) in [5.74, 6) is 0.521. The lowest BCUT2D eigenvalue weighted by atomic mass is 10.2. The van der Waals surface area contributed by atoms with Crippen LogP contribution in [0, 0.1) is 11.3 Å². The third-order valence-corrected chi connectivity index (χ3v) is 4.32. The van der Waals surface area contributed by atoms with E-state index < -0.39 is 0 Å². The number of fused-ring (bicyclic) bond motifs is 1. The quantitative estimate of drug-likeness (QED) is 0.601. The normalized spacial score (nSPS) is 10.3. The molecule has 0 amide bonds. The Balaban J connectivity index is 1.81. The summed E-state index contributed by atoms with van der Waals surface area (Å²) < 4.78 is 9.20. The number of hydrazine groups is 1. The Bertz CT molecular complexity index is 973. The number of nitrogens with one attached hydrogen (secondary N) is 2. The summed E-state index contributed by atoms with van der Waals surface area (Å²) in [6.07, 6.45) is 0. The van der Waals surface area contributed by atoms with Gasteiger partial charge in [0.15, 0.2) is 11.4 Å². The van der Waals surface area contributed by atoms with Gasteiger partial charge in [-0.25, -0.2) is 0 Å². The first kappa shape index (κ1) is 17.6. The summed E-state index contributed by atoms with van der Waals surface area (Å²) in [7, 11) is 0. The topological polar surface area (TPSA) is 89.5 Å². The van der Waals surface area contributed by atoms with Crippen LogP contribution in [0.4, 0.5) is 22.9 Å². The molecule has 3 aromatic rings. The van der Waals surface area contributed by atoms with Gasteiger partial charge in [-0.05, 0) is 44.2 Å². The number of aromatic nitrogens is 1. The van der Waals surface area contributed by atoms with E-state index >= 15 is 0 Å². The molecule has 0 radical (unpaired) electrons. The molecule has 8 heteroatoms. The zero-order valence-electron chi connectivity index (χ0n) is 14.5. The van der Waals surface area contributed by atoms with E-state index in [4.69, 9.17) is 22.2 Å². The molecule has 2 aromatic carbocycles. The van der Waals surface area contributed by atoms with Gasteiger partial charge in [0.1, 0.15) is 5.69 Å². The molecule has 26 heavy (non-hydrogen) atoms. The minimum atomic E-state index is 0.521. The van der Waals surface area contributed by atoms with Crippen LogP contribution in [-0.2, 0) is 12.4 Å². The fraction of sp³-hybridized carbons (Fsp3) is 0.222. The average molecular weight is 366 g/mol. The van der Waals surface area contributed by atoms with Crippen LogP contribution in [0.25, 0.3) is 11.0 Å². The highest BCUT2D eigenvalue weighted by molar-refractivity contribution is 7.47. The highest BCUT2D eigenvalue weighted by Gasteiger charge is 2.11. The molecule has 0 bridgehead atoms. The third kappa shape index (κ3) is 3.43. The molecule has 0 unspecified atom stereocenters. The van der Waals surface area contributed by atoms with Gasteiger partial charge in [-0.3, -0.25) is 10.9 Å². The molecule has 0 atom stereocenters. The fourth-order valence-corrected chi connectivity index (χ4v) is 2.86. The van der Waals surface area contributed by atoms with Crippen LogP contribution in [0.1, 0.15) is 19.4 Å². The second-order valence-electron chi connectivity index (χ2n) is 5.57. The first-order chi connectivity index (χ1) is 12.7. The van der Waals surface area contributed by atoms with Gasteiger partial charge in [0.05, 0.1) is 22.7 Å². The van der Waals surface area contributed by atoms with Crippen LogP contribution in [0.5, 0.6) is 0 Å². The van der Waals surface area contributed by atoms with Gasteiger partial charge < -0.3 is 9.42 Å². The van der Waals surface area contributed by atoms with Gasteiger partial charge in [-0.1, -0.05) is 5.16 Å². The van der Waals surface area contributed by atoms with E-state index in [1.165, 1.54) is 0 Å². The molecular formula is C18H18N6OS. The van der Waals surface area contributed by atoms with Crippen LogP contribution in [0.15, 0.2) is 45.3 Å². The second kappa shape index (κ2) is 7.80. The summed E-state index contributed by atoms with van der Waals surface area (Å²) in [4.78, 5) is 2.22. The zero-order chi connectivity index (χ0) is 18.5. The predicted molar refractivity (Wildman–Crippen MR) is 105 cm³/mol. The minimum Gasteiger partial charge on any atom is -0.372 e. The van der Waals surface area contributed by atoms with Gasteiger partial charge >= 0.3 is 0 Å². The Morgan fingerprint density at radius 1 is 1.19 bits per heavy atom. The van der Waals surface area contributed by atoms with Gasteiger partial charge in [0.2, 0.25) is 0 Å². The number of nitriles is 1. The van der Waals surface area contributed by atoms with Gasteiger partial charge in [0.25, 0.3) is 0 Å². The predicted octanol–water partition coefficient (Wildman–Crippen LogP) is 4.35. The van der Waals surface area contributed by atoms with Crippen molar-refractivity contribution in [3.05, 3.63) is 42.0 Å². The molecule has 2 N–H and O–H groups in total. The van der Waals surface area contributed by atoms with Crippen molar-refractivity contribution in [3.63, 3.8) is 0 Å². The molecule has 0 saturated carbocycles. The Labute approximate surface area is 156 Å². The van der Waals surface area contributed by atoms with E-state index in [0.717, 1.165) is 29.9 Å². The summed E-state index contributed by atoms with van der Waals surface area (Å²) in [6, 6.07) is 13.1. The first-order valence-corrected chi connectivity index (χ1v) is 8.60. The van der Waals surface area contributed by atoms with Crippen molar-refractivity contribution in [3.8, 4) is 6.07 Å². The molecular weight excluding hydrogens is 348 g/mol. The van der Waals surface area contributed by atoms with Crippen molar-refractivity contribution in [1.82, 2.24) is 5.16 Å². The minimum absolute atomic E-state index is 0.521. The summed E-state index contributed by atoms with van der Waals surface area (Å²) in [6.45, 7) is 6.03. The molecule has 0 spiro atoms. The highest BCUT2D eigenvalue weighted by atomic mass is 32.1. The SMILES string of the molecule is CCN(CC)c1ccc(NNc2noc3cc(C#N)ccc23)c(N=S)c1. The van der Waals surface area contributed by atoms with E-state index in [9.17, 15) is 0 Å². The third-order valence-electron chi connectivity index (χ3n) is 4.12. The summed E-state index contributed by atoms with van der Waals surface area (Å²) in [5.41, 5.74) is 9.62. The van der Waals surface area contributed by atoms with E-state index in [0.29, 0.717) is 22.7 Å². The number of rotatable bonds is 7. The summed E-state index contributed by atoms with van der Waals surface area (Å²) >= 11 is 4.92. The number of hydrogen-bond donors (Lipinski definition) is 2. The maximum absolute atomic E-state index is 8.95. The monoisotopic (exact) mass is 366 g/mol. The Morgan fingerprint density at radius 2 is 2.00 bits per heavy atom. The Morgan fingerprint density at radius 3 is 2.69 bits per heavy atom. The fourth-order valence-electron chi connectivity index (χ4n) is 2.71. The van der Waals surface area contributed by atoms with Crippen LogP contribution >= 0.6 is 0 Å². The highest BCUT2D eigenvalue weighted by Crippen LogP contribution is 2.31. The maximum Gasteiger partial charge on any atom is 0.195 e. The Hall–Kier alpha value is -3.18. The van der Waals surface area contributed by atoms with Crippen molar-refractivity contribution >= 4 is 46.3 Å². The zero-order valence-corrected chi connectivity index (χ0v) is 15.3. The number of anilines is 3. The molecule has 0 aliphatic rings. The molecule has 0 aliphatic heterocycles. The lowest BCUT2D eigenvalue weighted by Gasteiger charge is -2.22. The lowest BCUT2D eigenvalue weighted by molar-refractivity contribution is 0.460. The molecule has 0 aliphatic carbocycles. The molecule has 1 aromatic heterocycles. The number of benzene rings is 2. The largest absolute Gasteiger partial charge is 0.372 e. The molecule has 132 valence electrons. The van der Waals surface area contributed by atoms with Gasteiger partial charge in [0, 0.05) is 37.3 Å². The van der Waals surface area contributed by atoms with E-state index in [2.05, 4.69) is 45.2 Å². The standard InChI is InChI=1S/C18H18N6OS/c1-3-24(4-2)13-6-8-15(16(10-13)23-26)20-21-18-14-7-5-12(11-19)9-17(14)25-22-18/h5-10,20H,3-4H2,1-2H3,(H,21,22). The summed E-state index contributed by atoms with van der Waals surface area (Å²) in [5, 5.41) is 13.7. The second-order valence-corrected chi connectivity index (χ2v) is 5.75. The smallest absolute Gasteiger partial charge is 0.195 e. The van der Waals surface area contributed by atoms with Gasteiger partial charge in [-0.15, -0.1) is 0 Å². The first-order valence-electron chi connectivity index (χ1n) is 8.24. The van der Waals surface area contributed by atoms with Crippen LogP contribution in [0.3, 0.4) is 0 Å². The van der Waals surface area contributed by atoms with Crippen molar-refractivity contribution < 1.29 is 4.52 Å². The molecule has 0 saturated heterocycles. The van der Waals surface area contributed by atoms with Crippen molar-refractivity contribution in [2.45, 2.75) is 13.8 Å². The van der Waals surface area contributed by atoms with Crippen molar-refractivity contribution in [1.29, 1.82) is 5.26 Å². The number of nitrogens with zero attached hydrogens (tertiary/aromatic N) is 4. The van der Waals surface area contributed by atoms with E-state index in [1.807, 2.05) is 18.2 Å². The van der Waals surface area contributed by atoms with Crippen LogP contribution in [-0.4, -0.2) is 18.2 Å². The van der Waals surface area contributed by atoms with E-state index in [-0.39, 0.29) is 0 Å². The number of hydrogen-bond acceptors (Lipinski definition) is 8. The van der Waals surface area contributed by atoms with Crippen LogP contribution < -0.4 is 15.8 Å². The molecule has 7 nitrogen and oxygen atoms in total.